The van der Waals surface area contributed by atoms with Crippen molar-refractivity contribution in [2.24, 2.45) is 0 Å². The molecule has 0 atom stereocenters. The summed E-state index contributed by atoms with van der Waals surface area (Å²) in [6.45, 7) is 0. The van der Waals surface area contributed by atoms with Gasteiger partial charge in [-0.2, -0.15) is 0 Å². The Labute approximate surface area is 409 Å². The van der Waals surface area contributed by atoms with Gasteiger partial charge in [-0.25, -0.2) is 0 Å². The quantitative estimate of drug-likeness (QED) is 0.112. The van der Waals surface area contributed by atoms with E-state index in [1.54, 1.807) is 0 Å². The lowest BCUT2D eigenvalue weighted by molar-refractivity contribution is 0.103. The van der Waals surface area contributed by atoms with Crippen molar-refractivity contribution in [3.63, 3.8) is 0 Å². The lowest BCUT2D eigenvalue weighted by Gasteiger charge is -2.25. The molecule has 4 aliphatic rings. The highest BCUT2D eigenvalue weighted by Gasteiger charge is 2.33. The molecule has 0 spiro atoms. The summed E-state index contributed by atoms with van der Waals surface area (Å²) in [5, 5.41) is 17.7. The summed E-state index contributed by atoms with van der Waals surface area (Å²) in [5.74, 6) is 0.334. The summed E-state index contributed by atoms with van der Waals surface area (Å²) in [6, 6.07) is 65.4. The lowest BCUT2D eigenvalue weighted by atomic mass is 9.77. The van der Waals surface area contributed by atoms with Crippen molar-refractivity contribution in [1.29, 1.82) is 0 Å². The largest absolute Gasteiger partial charge is 0.289 e. The Balaban J connectivity index is 0.000000120. The minimum absolute atomic E-state index is 0.0834. The highest BCUT2D eigenvalue weighted by atomic mass is 16.1. The average molecular weight is 913 g/mol. The molecular weight excluding hydrogens is 881 g/mol. The molecular formula is C68H32O4. The van der Waals surface area contributed by atoms with Gasteiger partial charge >= 0.3 is 0 Å². The Morgan fingerprint density at radius 1 is 0.139 bits per heavy atom. The summed E-state index contributed by atoms with van der Waals surface area (Å²) in [5.41, 5.74) is 14.5. The Morgan fingerprint density at radius 2 is 0.306 bits per heavy atom. The molecule has 0 heterocycles. The van der Waals surface area contributed by atoms with Gasteiger partial charge in [-0.1, -0.05) is 170 Å². The van der Waals surface area contributed by atoms with Crippen molar-refractivity contribution >= 4 is 109 Å². The molecule has 0 saturated heterocycles. The second kappa shape index (κ2) is 13.2. The summed E-state index contributed by atoms with van der Waals surface area (Å²) < 4.78 is 0. The first-order valence-corrected chi connectivity index (χ1v) is 24.4. The van der Waals surface area contributed by atoms with Crippen LogP contribution in [0.5, 0.6) is 0 Å². The maximum absolute atomic E-state index is 13.5. The van der Waals surface area contributed by atoms with Gasteiger partial charge in [-0.15, -0.1) is 0 Å². The first-order valence-electron chi connectivity index (χ1n) is 24.4. The fraction of sp³-hybridized carbons (Fsp3) is 0. The monoisotopic (exact) mass is 912 g/mol. The van der Waals surface area contributed by atoms with Gasteiger partial charge in [0.05, 0.1) is 0 Å². The van der Waals surface area contributed by atoms with Crippen molar-refractivity contribution in [2.45, 2.75) is 0 Å². The van der Waals surface area contributed by atoms with Crippen LogP contribution in [0.4, 0.5) is 0 Å². The van der Waals surface area contributed by atoms with Crippen LogP contribution >= 0.6 is 0 Å². The topological polar surface area (TPSA) is 68.3 Å². The third-order valence-corrected chi connectivity index (χ3v) is 16.6. The van der Waals surface area contributed by atoms with Crippen molar-refractivity contribution in [3.8, 4) is 44.5 Å². The molecule has 14 aromatic carbocycles. The van der Waals surface area contributed by atoms with Crippen LogP contribution in [-0.4, -0.2) is 23.1 Å². The molecule has 0 bridgehead atoms. The lowest BCUT2D eigenvalue weighted by Crippen LogP contribution is -2.11. The standard InChI is InChI=1S/2C34H16O2/c35-33-25-7-3-1-5-17(25)19-9-11-21-24-14-16-28-32-20(18-6-2-4-8-26(18)34(28)36)10-12-22(30(24)32)23-13-15-27(33)31(19)29(21)23;35-33-25-7-3-1-5-17(25)19-9-11-21-22-12-10-20-18-6-2-4-8-26(18)34(36)28-16-14-24(30(22)32(20)28)23-13-15-27(33)31(19)29(21)23/h2*1-16H. The zero-order chi connectivity index (χ0) is 47.4. The van der Waals surface area contributed by atoms with Crippen LogP contribution in [0.15, 0.2) is 194 Å². The highest BCUT2D eigenvalue weighted by molar-refractivity contribution is 6.43. The number of benzene rings is 14. The predicted octanol–water partition coefficient (Wildman–Crippen LogP) is 16.3. The van der Waals surface area contributed by atoms with Gasteiger partial charge in [0.25, 0.3) is 0 Å². The first kappa shape index (κ1) is 38.2. The molecule has 0 aromatic heterocycles. The van der Waals surface area contributed by atoms with Crippen LogP contribution in [0.1, 0.15) is 63.7 Å². The Hall–Kier alpha value is -9.64. The molecule has 0 unspecified atom stereocenters. The van der Waals surface area contributed by atoms with Gasteiger partial charge in [-0.3, -0.25) is 19.2 Å². The molecule has 0 aliphatic heterocycles. The second-order valence-corrected chi connectivity index (χ2v) is 19.8. The molecule has 4 nitrogen and oxygen atoms in total. The molecule has 14 aromatic rings. The molecule has 0 amide bonds. The molecule has 4 aliphatic carbocycles. The molecule has 328 valence electrons. The van der Waals surface area contributed by atoms with Gasteiger partial charge in [0, 0.05) is 66.1 Å². The number of hydrogen-bond acceptors (Lipinski definition) is 4. The predicted molar refractivity (Wildman–Crippen MR) is 291 cm³/mol. The number of carbonyl (C=O) groups excluding carboxylic acids is 4. The van der Waals surface area contributed by atoms with Crippen LogP contribution in [0.3, 0.4) is 0 Å². The molecule has 0 radical (unpaired) electrons. The van der Waals surface area contributed by atoms with E-state index >= 15 is 0 Å². The summed E-state index contributed by atoms with van der Waals surface area (Å²) in [7, 11) is 0. The number of fused-ring (bicyclic) bond motifs is 12. The second-order valence-electron chi connectivity index (χ2n) is 19.8. The molecule has 0 saturated carbocycles. The maximum atomic E-state index is 13.5. The molecule has 72 heavy (non-hydrogen) atoms. The van der Waals surface area contributed by atoms with Gasteiger partial charge in [-0.05, 0) is 133 Å². The maximum Gasteiger partial charge on any atom is 0.194 e. The van der Waals surface area contributed by atoms with Crippen molar-refractivity contribution in [3.05, 3.63) is 239 Å². The third kappa shape index (κ3) is 4.46. The number of hydrogen-bond donors (Lipinski definition) is 0. The minimum Gasteiger partial charge on any atom is -0.289 e. The van der Waals surface area contributed by atoms with Gasteiger partial charge < -0.3 is 0 Å². The third-order valence-electron chi connectivity index (χ3n) is 16.6. The van der Waals surface area contributed by atoms with E-state index in [0.717, 1.165) is 175 Å². The first-order chi connectivity index (χ1) is 35.4. The van der Waals surface area contributed by atoms with Gasteiger partial charge in [0.15, 0.2) is 23.1 Å². The van der Waals surface area contributed by atoms with Crippen LogP contribution in [0.2, 0.25) is 0 Å². The Morgan fingerprint density at radius 3 is 0.500 bits per heavy atom. The van der Waals surface area contributed by atoms with E-state index < -0.39 is 0 Å². The number of carbonyl (C=O) groups is 4. The molecule has 0 fully saturated rings. The SMILES string of the molecule is O=C1c2ccccc2-c2ccc3c4ccc5c6c(ccc(c7ccc1c2c73)c64)-c1ccccc1C5=O.O=C1c2ccccc2-c2ccc3c4ccc5c6c(ccc(c7ccc1c2c73)c64)C(=O)c1ccccc1-5. The van der Waals surface area contributed by atoms with Crippen LogP contribution in [0.25, 0.3) is 131 Å². The fourth-order valence-electron chi connectivity index (χ4n) is 13.7. The molecule has 18 rings (SSSR count). The van der Waals surface area contributed by atoms with Crippen molar-refractivity contribution < 1.29 is 19.2 Å². The Kier molecular flexibility index (Phi) is 6.99. The van der Waals surface area contributed by atoms with E-state index in [0.29, 0.717) is 0 Å². The van der Waals surface area contributed by atoms with Crippen LogP contribution < -0.4 is 0 Å². The smallest absolute Gasteiger partial charge is 0.194 e. The van der Waals surface area contributed by atoms with E-state index in [1.807, 2.05) is 121 Å². The average Bonchev–Trinajstić information content (AvgIpc) is 3.44. The van der Waals surface area contributed by atoms with Crippen molar-refractivity contribution in [2.75, 3.05) is 0 Å². The summed E-state index contributed by atoms with van der Waals surface area (Å²) >= 11 is 0. The minimum atomic E-state index is 0.0834. The van der Waals surface area contributed by atoms with E-state index in [-0.39, 0.29) is 23.1 Å². The molecule has 4 heteroatoms. The zero-order valence-electron chi connectivity index (χ0n) is 38.1. The van der Waals surface area contributed by atoms with E-state index in [9.17, 15) is 19.2 Å². The van der Waals surface area contributed by atoms with E-state index in [1.165, 1.54) is 0 Å². The Bertz CT molecular complexity index is 4320. The van der Waals surface area contributed by atoms with Gasteiger partial charge in [0.2, 0.25) is 0 Å². The van der Waals surface area contributed by atoms with E-state index in [2.05, 4.69) is 72.8 Å². The fourth-order valence-corrected chi connectivity index (χ4v) is 13.7. The van der Waals surface area contributed by atoms with Crippen LogP contribution in [0, 0.1) is 0 Å². The normalized spacial score (nSPS) is 13.7. The van der Waals surface area contributed by atoms with Gasteiger partial charge in [0.1, 0.15) is 0 Å². The molecule has 0 N–H and O–H groups in total. The van der Waals surface area contributed by atoms with E-state index in [4.69, 9.17) is 0 Å². The highest BCUT2D eigenvalue weighted by Crippen LogP contribution is 2.53. The number of rotatable bonds is 0. The van der Waals surface area contributed by atoms with Crippen LogP contribution in [-0.2, 0) is 0 Å². The zero-order valence-corrected chi connectivity index (χ0v) is 38.1. The van der Waals surface area contributed by atoms with Crippen molar-refractivity contribution in [1.82, 2.24) is 0 Å². The number of ketones is 4. The summed E-state index contributed by atoms with van der Waals surface area (Å²) in [4.78, 5) is 54.0. The summed E-state index contributed by atoms with van der Waals surface area (Å²) in [6.07, 6.45) is 0.